The van der Waals surface area contributed by atoms with E-state index in [-0.39, 0.29) is 24.8 Å². The molecule has 1 aromatic rings. The summed E-state index contributed by atoms with van der Waals surface area (Å²) in [7, 11) is 1.65. The number of hydrogen-bond acceptors (Lipinski definition) is 4. The lowest BCUT2D eigenvalue weighted by Gasteiger charge is -2.36. The minimum atomic E-state index is 0. The van der Waals surface area contributed by atoms with Crippen LogP contribution in [0, 0.1) is 11.8 Å². The molecule has 3 rings (SSSR count). The van der Waals surface area contributed by atoms with Crippen LogP contribution in [-0.4, -0.2) is 37.7 Å². The Hall–Kier alpha value is -0.650. The number of likely N-dealkylation sites (tertiary alicyclic amines) is 1. The second-order valence-electron chi connectivity index (χ2n) is 6.56. The van der Waals surface area contributed by atoms with Gasteiger partial charge in [-0.2, -0.15) is 0 Å². The lowest BCUT2D eigenvalue weighted by molar-refractivity contribution is 0.140. The number of rotatable bonds is 6. The summed E-state index contributed by atoms with van der Waals surface area (Å²) in [4.78, 5) is 2.47. The van der Waals surface area contributed by atoms with Gasteiger partial charge in [-0.1, -0.05) is 24.3 Å². The third-order valence-corrected chi connectivity index (χ3v) is 5.42. The van der Waals surface area contributed by atoms with Crippen molar-refractivity contribution >= 4 is 36.4 Å². The highest BCUT2D eigenvalue weighted by atomic mass is 35.5. The molecule has 2 N–H and O–H groups in total. The quantitative estimate of drug-likeness (QED) is 0.723. The van der Waals surface area contributed by atoms with Gasteiger partial charge in [0.05, 0.1) is 7.11 Å². The number of halogens is 3. The lowest BCUT2D eigenvalue weighted by Crippen LogP contribution is -2.48. The zero-order chi connectivity index (χ0) is 16.4. The highest BCUT2D eigenvalue weighted by molar-refractivity contribution is 6.31. The Morgan fingerprint density at radius 3 is 2.44 bits per heavy atom. The summed E-state index contributed by atoms with van der Waals surface area (Å²) in [5.74, 6) is 2.62. The third-order valence-electron chi connectivity index (χ3n) is 5.07. The van der Waals surface area contributed by atoms with E-state index in [0.29, 0.717) is 41.0 Å². The first-order valence-corrected chi connectivity index (χ1v) is 8.58. The minimum absolute atomic E-state index is 0. The van der Waals surface area contributed by atoms with Gasteiger partial charge in [0, 0.05) is 36.8 Å². The lowest BCUT2D eigenvalue weighted by atomic mass is 9.93. The first kappa shape index (κ1) is 22.4. The van der Waals surface area contributed by atoms with Crippen LogP contribution >= 0.6 is 36.4 Å². The SMILES string of the molecule is C=CCOc1cc(Cl)c(CN2C[C@H]3CC[C@@H](C2)C3N)cc1OC.Cl.Cl. The maximum atomic E-state index is 6.46. The van der Waals surface area contributed by atoms with E-state index in [1.165, 1.54) is 12.8 Å². The molecule has 2 bridgehead atoms. The maximum absolute atomic E-state index is 6.46. The molecule has 0 radical (unpaired) electrons. The number of hydrogen-bond donors (Lipinski definition) is 1. The summed E-state index contributed by atoms with van der Waals surface area (Å²) in [6.07, 6.45) is 4.22. The van der Waals surface area contributed by atoms with E-state index in [0.717, 1.165) is 25.2 Å². The van der Waals surface area contributed by atoms with Crippen LogP contribution in [0.25, 0.3) is 0 Å². The highest BCUT2D eigenvalue weighted by Gasteiger charge is 2.39. The zero-order valence-electron chi connectivity index (χ0n) is 14.4. The summed E-state index contributed by atoms with van der Waals surface area (Å²) in [5, 5.41) is 0.715. The van der Waals surface area contributed by atoms with E-state index >= 15 is 0 Å². The Morgan fingerprint density at radius 1 is 1.24 bits per heavy atom. The van der Waals surface area contributed by atoms with Crippen LogP contribution in [0.3, 0.4) is 0 Å². The number of methoxy groups -OCH3 is 1. The van der Waals surface area contributed by atoms with Gasteiger partial charge in [-0.15, -0.1) is 24.8 Å². The van der Waals surface area contributed by atoms with Crippen LogP contribution in [0.5, 0.6) is 11.5 Å². The fourth-order valence-corrected chi connectivity index (χ4v) is 4.06. The van der Waals surface area contributed by atoms with Crippen LogP contribution in [0.1, 0.15) is 18.4 Å². The van der Waals surface area contributed by atoms with E-state index in [4.69, 9.17) is 26.8 Å². The topological polar surface area (TPSA) is 47.7 Å². The van der Waals surface area contributed by atoms with Crippen molar-refractivity contribution in [1.82, 2.24) is 4.90 Å². The zero-order valence-corrected chi connectivity index (χ0v) is 16.8. The predicted octanol–water partition coefficient (Wildman–Crippen LogP) is 3.93. The van der Waals surface area contributed by atoms with Gasteiger partial charge < -0.3 is 15.2 Å². The molecule has 1 unspecified atom stereocenters. The van der Waals surface area contributed by atoms with Crippen molar-refractivity contribution in [3.63, 3.8) is 0 Å². The Kier molecular flexibility index (Phi) is 8.85. The van der Waals surface area contributed by atoms with Gasteiger partial charge in [0.2, 0.25) is 0 Å². The average molecular weight is 410 g/mol. The van der Waals surface area contributed by atoms with Crippen LogP contribution in [0.15, 0.2) is 24.8 Å². The normalized spacial score (nSPS) is 24.8. The van der Waals surface area contributed by atoms with E-state index in [9.17, 15) is 0 Å². The predicted molar refractivity (Wildman–Crippen MR) is 108 cm³/mol. The second-order valence-corrected chi connectivity index (χ2v) is 6.97. The van der Waals surface area contributed by atoms with Gasteiger partial charge in [-0.3, -0.25) is 4.90 Å². The Morgan fingerprint density at radius 2 is 1.88 bits per heavy atom. The standard InChI is InChI=1S/C18H25ClN2O2.2ClH/c1-3-6-23-17-8-15(19)14(7-16(17)22-2)11-21-9-12-4-5-13(10-21)18(12)20;;/h3,7-8,12-13,18H,1,4-6,9-11,20H2,2H3;2*1H/t12-,13+,18?;;. The van der Waals surface area contributed by atoms with E-state index in [1.54, 1.807) is 13.2 Å². The molecule has 3 atom stereocenters. The van der Waals surface area contributed by atoms with Crippen LogP contribution in [0.4, 0.5) is 0 Å². The van der Waals surface area contributed by atoms with Crippen molar-refractivity contribution in [1.29, 1.82) is 0 Å². The van der Waals surface area contributed by atoms with Crippen molar-refractivity contribution in [3.05, 3.63) is 35.4 Å². The second kappa shape index (κ2) is 9.89. The number of benzene rings is 1. The van der Waals surface area contributed by atoms with Crippen LogP contribution in [0.2, 0.25) is 5.02 Å². The first-order valence-electron chi connectivity index (χ1n) is 8.20. The fourth-order valence-electron chi connectivity index (χ4n) is 3.85. The molecule has 7 heteroatoms. The molecule has 1 heterocycles. The smallest absolute Gasteiger partial charge is 0.163 e. The number of fused-ring (bicyclic) bond motifs is 2. The van der Waals surface area contributed by atoms with Gasteiger partial charge in [-0.25, -0.2) is 0 Å². The Labute approximate surface area is 167 Å². The van der Waals surface area contributed by atoms with E-state index in [1.807, 2.05) is 12.1 Å². The largest absolute Gasteiger partial charge is 0.493 e. The molecule has 1 saturated heterocycles. The average Bonchev–Trinajstić information content (AvgIpc) is 2.76. The van der Waals surface area contributed by atoms with E-state index < -0.39 is 0 Å². The molecule has 0 aromatic heterocycles. The molecular weight excluding hydrogens is 383 g/mol. The van der Waals surface area contributed by atoms with Gasteiger partial charge in [-0.05, 0) is 36.3 Å². The van der Waals surface area contributed by atoms with E-state index in [2.05, 4.69) is 11.5 Å². The molecule has 142 valence electrons. The first-order chi connectivity index (χ1) is 11.1. The molecule has 1 aliphatic carbocycles. The summed E-state index contributed by atoms with van der Waals surface area (Å²) in [6.45, 7) is 7.04. The highest BCUT2D eigenvalue weighted by Crippen LogP contribution is 2.38. The fraction of sp³-hybridized carbons (Fsp3) is 0.556. The molecule has 1 saturated carbocycles. The molecule has 0 spiro atoms. The molecule has 2 fully saturated rings. The monoisotopic (exact) mass is 408 g/mol. The minimum Gasteiger partial charge on any atom is -0.493 e. The van der Waals surface area contributed by atoms with Crippen LogP contribution in [-0.2, 0) is 6.54 Å². The summed E-state index contributed by atoms with van der Waals surface area (Å²) in [5.41, 5.74) is 7.36. The molecule has 2 aliphatic rings. The maximum Gasteiger partial charge on any atom is 0.163 e. The molecule has 1 aliphatic heterocycles. The number of ether oxygens (including phenoxy) is 2. The third kappa shape index (κ3) is 4.95. The summed E-state index contributed by atoms with van der Waals surface area (Å²) < 4.78 is 11.0. The van der Waals surface area contributed by atoms with Gasteiger partial charge in [0.15, 0.2) is 11.5 Å². The number of piperidine rings is 1. The van der Waals surface area contributed by atoms with Crippen LogP contribution < -0.4 is 15.2 Å². The molecule has 4 nitrogen and oxygen atoms in total. The van der Waals surface area contributed by atoms with Crippen molar-refractivity contribution in [3.8, 4) is 11.5 Å². The number of nitrogens with zero attached hydrogens (tertiary/aromatic N) is 1. The summed E-state index contributed by atoms with van der Waals surface area (Å²) in [6, 6.07) is 4.20. The Bertz CT molecular complexity index is 572. The van der Waals surface area contributed by atoms with Crippen molar-refractivity contribution < 1.29 is 9.47 Å². The van der Waals surface area contributed by atoms with Crippen molar-refractivity contribution in [2.45, 2.75) is 25.4 Å². The molecular formula is C18H27Cl3N2O2. The van der Waals surface area contributed by atoms with Gasteiger partial charge >= 0.3 is 0 Å². The van der Waals surface area contributed by atoms with Crippen molar-refractivity contribution in [2.75, 3.05) is 26.8 Å². The molecule has 0 amide bonds. The van der Waals surface area contributed by atoms with Gasteiger partial charge in [0.25, 0.3) is 0 Å². The molecule has 25 heavy (non-hydrogen) atoms. The summed E-state index contributed by atoms with van der Waals surface area (Å²) >= 11 is 6.46. The van der Waals surface area contributed by atoms with Gasteiger partial charge in [0.1, 0.15) is 6.61 Å². The van der Waals surface area contributed by atoms with Crippen molar-refractivity contribution in [2.24, 2.45) is 17.6 Å². The number of nitrogens with two attached hydrogens (primary N) is 1. The molecule has 1 aromatic carbocycles. The Balaban J connectivity index is 0.00000156.